The Hall–Kier alpha value is -1.55. The molecule has 0 radical (unpaired) electrons. The number of para-hydroxylation sites is 1. The molecule has 1 aliphatic rings. The molecule has 1 aliphatic heterocycles. The molecule has 4 nitrogen and oxygen atoms in total. The second kappa shape index (κ2) is 6.27. The maximum absolute atomic E-state index is 12.6. The average Bonchev–Trinajstić information content (AvgIpc) is 2.51. The van der Waals surface area contributed by atoms with Gasteiger partial charge >= 0.3 is 0 Å². The highest BCUT2D eigenvalue weighted by Gasteiger charge is 2.31. The summed E-state index contributed by atoms with van der Waals surface area (Å²) in [7, 11) is 0. The van der Waals surface area contributed by atoms with Gasteiger partial charge in [0.15, 0.2) is 0 Å². The van der Waals surface area contributed by atoms with E-state index >= 15 is 0 Å². The monoisotopic (exact) mass is 294 g/mol. The van der Waals surface area contributed by atoms with Gasteiger partial charge in [0.05, 0.1) is 10.7 Å². The van der Waals surface area contributed by atoms with Crippen LogP contribution in [0.15, 0.2) is 24.3 Å². The van der Waals surface area contributed by atoms with E-state index in [2.05, 4.69) is 5.32 Å². The van der Waals surface area contributed by atoms with E-state index < -0.39 is 6.04 Å². The van der Waals surface area contributed by atoms with Crippen LogP contribution in [0.2, 0.25) is 5.02 Å². The van der Waals surface area contributed by atoms with Crippen LogP contribution in [-0.2, 0) is 9.59 Å². The van der Waals surface area contributed by atoms with Crippen molar-refractivity contribution in [3.05, 3.63) is 29.3 Å². The molecule has 1 aromatic rings. The summed E-state index contributed by atoms with van der Waals surface area (Å²) in [6.07, 6.45) is 0.928. The van der Waals surface area contributed by atoms with Gasteiger partial charge in [-0.15, -0.1) is 0 Å². The molecule has 1 atom stereocenters. The van der Waals surface area contributed by atoms with Crippen molar-refractivity contribution in [1.82, 2.24) is 5.32 Å². The van der Waals surface area contributed by atoms with Crippen molar-refractivity contribution < 1.29 is 9.59 Å². The third kappa shape index (κ3) is 3.31. The quantitative estimate of drug-likeness (QED) is 0.931. The van der Waals surface area contributed by atoms with Gasteiger partial charge in [0, 0.05) is 13.0 Å². The van der Waals surface area contributed by atoms with E-state index in [1.54, 1.807) is 11.0 Å². The first kappa shape index (κ1) is 14.9. The number of hydrogen-bond donors (Lipinski definition) is 1. The lowest BCUT2D eigenvalue weighted by Crippen LogP contribution is -2.45. The van der Waals surface area contributed by atoms with Gasteiger partial charge in [-0.2, -0.15) is 0 Å². The fourth-order valence-electron chi connectivity index (χ4n) is 2.38. The predicted octanol–water partition coefficient (Wildman–Crippen LogP) is 2.61. The predicted molar refractivity (Wildman–Crippen MR) is 79.8 cm³/mol. The fraction of sp³-hybridized carbons (Fsp3) is 0.467. The molecular weight excluding hydrogens is 276 g/mol. The molecule has 1 N–H and O–H groups in total. The number of carbonyl (C=O) groups excluding carboxylic acids is 2. The number of carbonyl (C=O) groups is 2. The van der Waals surface area contributed by atoms with Gasteiger partial charge in [0.25, 0.3) is 0 Å². The summed E-state index contributed by atoms with van der Waals surface area (Å²) in [5, 5.41) is 3.33. The number of rotatable bonds is 3. The smallest absolute Gasteiger partial charge is 0.249 e. The van der Waals surface area contributed by atoms with Crippen LogP contribution in [0, 0.1) is 5.92 Å². The SMILES string of the molecule is CC(C)CC1NC(=O)CCN(c2ccccc2Cl)C1=O. The third-order valence-corrected chi connectivity index (χ3v) is 3.63. The second-order valence-electron chi connectivity index (χ2n) is 5.44. The normalized spacial score (nSPS) is 20.0. The Morgan fingerprint density at radius 3 is 2.70 bits per heavy atom. The maximum Gasteiger partial charge on any atom is 0.249 e. The first-order valence-corrected chi connectivity index (χ1v) is 7.22. The van der Waals surface area contributed by atoms with Crippen molar-refractivity contribution in [2.45, 2.75) is 32.7 Å². The highest BCUT2D eigenvalue weighted by molar-refractivity contribution is 6.33. The second-order valence-corrected chi connectivity index (χ2v) is 5.85. The van der Waals surface area contributed by atoms with Crippen LogP contribution in [-0.4, -0.2) is 24.4 Å². The molecule has 0 saturated carbocycles. The molecule has 0 aromatic heterocycles. The molecule has 1 aromatic carbocycles. The Labute approximate surface area is 124 Å². The minimum absolute atomic E-state index is 0.0847. The topological polar surface area (TPSA) is 49.4 Å². The molecule has 1 unspecified atom stereocenters. The summed E-state index contributed by atoms with van der Waals surface area (Å²) in [5.74, 6) is 0.159. The molecule has 0 aliphatic carbocycles. The number of nitrogens with zero attached hydrogens (tertiary/aromatic N) is 1. The van der Waals surface area contributed by atoms with Crippen LogP contribution in [0.5, 0.6) is 0 Å². The van der Waals surface area contributed by atoms with E-state index in [1.165, 1.54) is 0 Å². The number of hydrogen-bond acceptors (Lipinski definition) is 2. The van der Waals surface area contributed by atoms with E-state index in [1.807, 2.05) is 32.0 Å². The molecule has 0 bridgehead atoms. The Morgan fingerprint density at radius 1 is 1.35 bits per heavy atom. The molecule has 108 valence electrons. The highest BCUT2D eigenvalue weighted by Crippen LogP contribution is 2.27. The molecule has 1 fully saturated rings. The molecule has 2 amide bonds. The van der Waals surface area contributed by atoms with E-state index in [-0.39, 0.29) is 11.8 Å². The first-order valence-electron chi connectivity index (χ1n) is 6.84. The largest absolute Gasteiger partial charge is 0.344 e. The van der Waals surface area contributed by atoms with Crippen molar-refractivity contribution in [3.63, 3.8) is 0 Å². The zero-order valence-electron chi connectivity index (χ0n) is 11.7. The summed E-state index contributed by atoms with van der Waals surface area (Å²) in [5.41, 5.74) is 0.671. The van der Waals surface area contributed by atoms with Gasteiger partial charge < -0.3 is 10.2 Å². The third-order valence-electron chi connectivity index (χ3n) is 3.31. The number of nitrogens with one attached hydrogen (secondary N) is 1. The Bertz CT molecular complexity index is 516. The first-order chi connectivity index (χ1) is 9.49. The fourth-order valence-corrected chi connectivity index (χ4v) is 2.62. The van der Waals surface area contributed by atoms with E-state index in [0.717, 1.165) is 0 Å². The van der Waals surface area contributed by atoms with Gasteiger partial charge in [-0.3, -0.25) is 9.59 Å². The summed E-state index contributed by atoms with van der Waals surface area (Å²) >= 11 is 6.17. The van der Waals surface area contributed by atoms with Crippen LogP contribution >= 0.6 is 11.6 Å². The molecule has 1 heterocycles. The standard InChI is InChI=1S/C15H19ClN2O2/c1-10(2)9-12-15(20)18(8-7-14(19)17-12)13-6-4-3-5-11(13)16/h3-6,10,12H,7-9H2,1-2H3,(H,17,19). The van der Waals surface area contributed by atoms with Crippen LogP contribution in [0.4, 0.5) is 5.69 Å². The van der Waals surface area contributed by atoms with Crippen molar-refractivity contribution >= 4 is 29.1 Å². The van der Waals surface area contributed by atoms with Gasteiger partial charge in [0.2, 0.25) is 11.8 Å². The molecule has 0 spiro atoms. The van der Waals surface area contributed by atoms with Crippen LogP contribution in [0.1, 0.15) is 26.7 Å². The van der Waals surface area contributed by atoms with E-state index in [0.29, 0.717) is 36.0 Å². The molecule has 2 rings (SSSR count). The van der Waals surface area contributed by atoms with Gasteiger partial charge in [-0.1, -0.05) is 37.6 Å². The molecule has 5 heteroatoms. The van der Waals surface area contributed by atoms with Crippen molar-refractivity contribution in [2.75, 3.05) is 11.4 Å². The molecular formula is C15H19ClN2O2. The number of amides is 2. The lowest BCUT2D eigenvalue weighted by Gasteiger charge is -2.25. The van der Waals surface area contributed by atoms with Gasteiger partial charge in [-0.05, 0) is 24.5 Å². The number of halogens is 1. The summed E-state index contributed by atoms with van der Waals surface area (Å²) in [6.45, 7) is 4.43. The van der Waals surface area contributed by atoms with Crippen molar-refractivity contribution in [1.29, 1.82) is 0 Å². The lowest BCUT2D eigenvalue weighted by atomic mass is 10.0. The minimum atomic E-state index is -0.471. The van der Waals surface area contributed by atoms with Gasteiger partial charge in [-0.25, -0.2) is 0 Å². The van der Waals surface area contributed by atoms with Crippen LogP contribution in [0.3, 0.4) is 0 Å². The average molecular weight is 295 g/mol. The molecule has 1 saturated heterocycles. The summed E-state index contributed by atoms with van der Waals surface area (Å²) in [6, 6.07) is 6.75. The van der Waals surface area contributed by atoms with Crippen LogP contribution in [0.25, 0.3) is 0 Å². The van der Waals surface area contributed by atoms with Crippen LogP contribution < -0.4 is 10.2 Å². The highest BCUT2D eigenvalue weighted by atomic mass is 35.5. The zero-order chi connectivity index (χ0) is 14.7. The minimum Gasteiger partial charge on any atom is -0.344 e. The van der Waals surface area contributed by atoms with Crippen molar-refractivity contribution in [2.24, 2.45) is 5.92 Å². The van der Waals surface area contributed by atoms with E-state index in [9.17, 15) is 9.59 Å². The lowest BCUT2D eigenvalue weighted by molar-refractivity contribution is -0.125. The number of benzene rings is 1. The Morgan fingerprint density at radius 2 is 2.05 bits per heavy atom. The van der Waals surface area contributed by atoms with Gasteiger partial charge in [0.1, 0.15) is 6.04 Å². The Balaban J connectivity index is 2.30. The summed E-state index contributed by atoms with van der Waals surface area (Å²) < 4.78 is 0. The zero-order valence-corrected chi connectivity index (χ0v) is 12.5. The van der Waals surface area contributed by atoms with Crippen molar-refractivity contribution in [3.8, 4) is 0 Å². The Kier molecular flexibility index (Phi) is 4.65. The summed E-state index contributed by atoms with van der Waals surface area (Å²) in [4.78, 5) is 26.0. The van der Waals surface area contributed by atoms with E-state index in [4.69, 9.17) is 11.6 Å². The number of anilines is 1. The molecule has 20 heavy (non-hydrogen) atoms. The maximum atomic E-state index is 12.6.